The summed E-state index contributed by atoms with van der Waals surface area (Å²) in [6, 6.07) is 7.09. The van der Waals surface area contributed by atoms with E-state index < -0.39 is 51.5 Å². The minimum atomic E-state index is -3.42. The fourth-order valence-electron chi connectivity index (χ4n) is 3.07. The molecule has 0 bridgehead atoms. The van der Waals surface area contributed by atoms with Gasteiger partial charge in [0.2, 0.25) is 11.8 Å². The lowest BCUT2D eigenvalue weighted by Crippen LogP contribution is -2.56. The number of carbonyl (C=O) groups excluding carboxylic acids is 3. The van der Waals surface area contributed by atoms with Crippen molar-refractivity contribution >= 4 is 27.6 Å². The highest BCUT2D eigenvalue weighted by Crippen LogP contribution is 2.10. The molecule has 4 atom stereocenters. The number of hydrogen-bond acceptors (Lipinski definition) is 7. The maximum Gasteiger partial charge on any atom is 0.251 e. The summed E-state index contributed by atoms with van der Waals surface area (Å²) in [5.74, 6) is -2.30. The van der Waals surface area contributed by atoms with Crippen molar-refractivity contribution in [3.05, 3.63) is 35.9 Å². The van der Waals surface area contributed by atoms with Gasteiger partial charge in [-0.3, -0.25) is 14.4 Å². The van der Waals surface area contributed by atoms with E-state index in [0.717, 1.165) is 11.8 Å². The Morgan fingerprint density at radius 2 is 1.69 bits per heavy atom. The van der Waals surface area contributed by atoms with E-state index in [9.17, 15) is 27.9 Å². The first kappa shape index (κ1) is 27.5. The lowest BCUT2D eigenvalue weighted by molar-refractivity contribution is -0.134. The highest BCUT2D eigenvalue weighted by atomic mass is 32.2. The van der Waals surface area contributed by atoms with Crippen LogP contribution in [0, 0.1) is 0 Å². The Kier molecular flexibility index (Phi) is 11.3. The number of benzene rings is 1. The molecule has 0 radical (unpaired) electrons. The highest BCUT2D eigenvalue weighted by Gasteiger charge is 2.30. The highest BCUT2D eigenvalue weighted by molar-refractivity contribution is 7.90. The molecular formula is C21H34N4O6S. The summed E-state index contributed by atoms with van der Waals surface area (Å²) in [5.41, 5.74) is 0.908. The van der Waals surface area contributed by atoms with Crippen LogP contribution in [0.3, 0.4) is 0 Å². The zero-order valence-electron chi connectivity index (χ0n) is 18.9. The van der Waals surface area contributed by atoms with Gasteiger partial charge in [0, 0.05) is 6.26 Å². The molecule has 0 aliphatic heterocycles. The summed E-state index contributed by atoms with van der Waals surface area (Å²) >= 11 is 0. The molecule has 4 unspecified atom stereocenters. The van der Waals surface area contributed by atoms with Crippen molar-refractivity contribution < 1.29 is 27.9 Å². The van der Waals surface area contributed by atoms with Gasteiger partial charge in [-0.25, -0.2) is 8.42 Å². The van der Waals surface area contributed by atoms with Gasteiger partial charge in [0.1, 0.15) is 15.9 Å². The molecule has 5 N–H and O–H groups in total. The second kappa shape index (κ2) is 13.1. The number of amides is 3. The molecule has 1 aromatic rings. The van der Waals surface area contributed by atoms with Gasteiger partial charge in [-0.1, -0.05) is 43.7 Å². The van der Waals surface area contributed by atoms with Crippen LogP contribution >= 0.6 is 0 Å². The van der Waals surface area contributed by atoms with Crippen LogP contribution < -0.4 is 21.3 Å². The molecule has 1 aromatic carbocycles. The van der Waals surface area contributed by atoms with Crippen LogP contribution in [-0.2, 0) is 24.2 Å². The Labute approximate surface area is 189 Å². The van der Waals surface area contributed by atoms with Crippen LogP contribution in [0.5, 0.6) is 0 Å². The molecule has 0 aromatic heterocycles. The van der Waals surface area contributed by atoms with Crippen LogP contribution in [0.1, 0.15) is 38.3 Å². The summed E-state index contributed by atoms with van der Waals surface area (Å²) < 4.78 is 23.0. The van der Waals surface area contributed by atoms with E-state index in [1.165, 1.54) is 7.05 Å². The smallest absolute Gasteiger partial charge is 0.251 e. The Morgan fingerprint density at radius 1 is 1.06 bits per heavy atom. The zero-order chi connectivity index (χ0) is 24.3. The number of rotatable bonds is 13. The second-order valence-electron chi connectivity index (χ2n) is 7.70. The Morgan fingerprint density at radius 3 is 2.22 bits per heavy atom. The molecule has 180 valence electrons. The third-order valence-electron chi connectivity index (χ3n) is 4.81. The van der Waals surface area contributed by atoms with Crippen LogP contribution in [0.4, 0.5) is 0 Å². The number of likely N-dealkylation sites (N-methyl/N-ethyl adjacent to an activating group) is 1. The topological polar surface area (TPSA) is 154 Å². The number of nitrogens with one attached hydrogen (secondary N) is 4. The van der Waals surface area contributed by atoms with Gasteiger partial charge in [-0.2, -0.15) is 0 Å². The maximum atomic E-state index is 12.4. The van der Waals surface area contributed by atoms with Gasteiger partial charge in [-0.05, 0) is 26.0 Å². The minimum absolute atomic E-state index is 0.258. The largest absolute Gasteiger partial charge is 0.381 e. The van der Waals surface area contributed by atoms with E-state index in [1.807, 2.05) is 44.2 Å². The molecule has 0 aliphatic carbocycles. The molecular weight excluding hydrogens is 436 g/mol. The van der Waals surface area contributed by atoms with Crippen molar-refractivity contribution in [2.24, 2.45) is 0 Å². The lowest BCUT2D eigenvalue weighted by atomic mass is 10.0. The normalized spacial score (nSPS) is 15.2. The van der Waals surface area contributed by atoms with Crippen molar-refractivity contribution in [3.63, 3.8) is 0 Å². The molecule has 32 heavy (non-hydrogen) atoms. The summed E-state index contributed by atoms with van der Waals surface area (Å²) in [4.78, 5) is 37.0. The summed E-state index contributed by atoms with van der Waals surface area (Å²) in [6.45, 7) is 3.28. The fraction of sp³-hybridized carbons (Fsp3) is 0.571. The maximum absolute atomic E-state index is 12.4. The van der Waals surface area contributed by atoms with E-state index >= 15 is 0 Å². The first-order valence-electron chi connectivity index (χ1n) is 10.4. The van der Waals surface area contributed by atoms with Crippen LogP contribution in [0.15, 0.2) is 30.3 Å². The number of aliphatic hydroxyl groups is 1. The molecule has 1 rings (SSSR count). The second-order valence-corrected chi connectivity index (χ2v) is 9.88. The predicted molar refractivity (Wildman–Crippen MR) is 121 cm³/mol. The van der Waals surface area contributed by atoms with Crippen molar-refractivity contribution in [1.82, 2.24) is 21.3 Å². The minimum Gasteiger partial charge on any atom is -0.381 e. The molecule has 0 saturated carbocycles. The summed E-state index contributed by atoms with van der Waals surface area (Å²) in [7, 11) is -1.98. The van der Waals surface area contributed by atoms with Gasteiger partial charge in [0.25, 0.3) is 5.91 Å². The van der Waals surface area contributed by atoms with Gasteiger partial charge >= 0.3 is 0 Å². The monoisotopic (exact) mass is 470 g/mol. The van der Waals surface area contributed by atoms with Crippen molar-refractivity contribution in [2.45, 2.75) is 50.9 Å². The lowest BCUT2D eigenvalue weighted by Gasteiger charge is -2.25. The van der Waals surface area contributed by atoms with Gasteiger partial charge < -0.3 is 26.4 Å². The fourth-order valence-corrected chi connectivity index (χ4v) is 3.99. The first-order chi connectivity index (χ1) is 15.0. The SMILES string of the molecule is CCCC(NC(=O)C(CS(C)(=O)=O)NC)C(O)C(=O)NCC(=O)NC(C)c1ccccc1. The predicted octanol–water partition coefficient (Wildman–Crippen LogP) is -0.742. The standard InChI is InChI=1S/C21H34N4O6S/c1-5-9-16(25-20(28)17(22-3)13-32(4,30)31)19(27)21(29)23-12-18(26)24-14(2)15-10-7-6-8-11-15/h6-8,10-11,14,16-17,19,22,27H,5,9,12-13H2,1-4H3,(H,23,29)(H,24,26)(H,25,28). The molecule has 11 heteroatoms. The number of hydrogen-bond donors (Lipinski definition) is 5. The van der Waals surface area contributed by atoms with Gasteiger partial charge in [0.05, 0.1) is 24.4 Å². The number of aliphatic hydroxyl groups excluding tert-OH is 1. The van der Waals surface area contributed by atoms with E-state index in [2.05, 4.69) is 21.3 Å². The van der Waals surface area contributed by atoms with Crippen molar-refractivity contribution in [3.8, 4) is 0 Å². The van der Waals surface area contributed by atoms with Gasteiger partial charge in [-0.15, -0.1) is 0 Å². The van der Waals surface area contributed by atoms with Crippen molar-refractivity contribution in [2.75, 3.05) is 25.6 Å². The van der Waals surface area contributed by atoms with E-state index in [-0.39, 0.29) is 19.0 Å². The Balaban J connectivity index is 2.65. The third kappa shape index (κ3) is 9.75. The molecule has 0 fully saturated rings. The molecule has 0 saturated heterocycles. The summed E-state index contributed by atoms with van der Waals surface area (Å²) in [5, 5.41) is 20.7. The molecule has 0 spiro atoms. The van der Waals surface area contributed by atoms with Crippen LogP contribution in [0.25, 0.3) is 0 Å². The quantitative estimate of drug-likeness (QED) is 0.254. The average molecular weight is 471 g/mol. The van der Waals surface area contributed by atoms with Crippen LogP contribution in [-0.4, -0.2) is 75.0 Å². The number of carbonyl (C=O) groups is 3. The Hall–Kier alpha value is -2.50. The van der Waals surface area contributed by atoms with E-state index in [1.54, 1.807) is 0 Å². The zero-order valence-corrected chi connectivity index (χ0v) is 19.7. The molecule has 10 nitrogen and oxygen atoms in total. The molecule has 0 heterocycles. The van der Waals surface area contributed by atoms with Crippen LogP contribution in [0.2, 0.25) is 0 Å². The molecule has 3 amide bonds. The van der Waals surface area contributed by atoms with Gasteiger partial charge in [0.15, 0.2) is 6.10 Å². The first-order valence-corrected chi connectivity index (χ1v) is 12.5. The molecule has 0 aliphatic rings. The average Bonchev–Trinajstić information content (AvgIpc) is 2.74. The third-order valence-corrected chi connectivity index (χ3v) is 5.75. The van der Waals surface area contributed by atoms with E-state index in [4.69, 9.17) is 0 Å². The van der Waals surface area contributed by atoms with Crippen molar-refractivity contribution in [1.29, 1.82) is 0 Å². The number of sulfone groups is 1. The summed E-state index contributed by atoms with van der Waals surface area (Å²) in [6.07, 6.45) is 0.252. The van der Waals surface area contributed by atoms with E-state index in [0.29, 0.717) is 6.42 Å². The Bertz CT molecular complexity index is 862.